The number of rotatable bonds is 2. The lowest BCUT2D eigenvalue weighted by Crippen LogP contribution is -2.13. The fourth-order valence-electron chi connectivity index (χ4n) is 1.30. The number of carbonyl (C=O) groups is 1. The third-order valence-corrected chi connectivity index (χ3v) is 2.13. The molecule has 0 saturated carbocycles. The van der Waals surface area contributed by atoms with Crippen molar-refractivity contribution < 1.29 is 9.90 Å². The predicted octanol–water partition coefficient (Wildman–Crippen LogP) is 0.468. The maximum atomic E-state index is 11.8. The van der Waals surface area contributed by atoms with Crippen molar-refractivity contribution in [2.24, 2.45) is 0 Å². The van der Waals surface area contributed by atoms with E-state index in [1.54, 1.807) is 12.1 Å². The average Bonchev–Trinajstić information content (AvgIpc) is 2.46. The number of aliphatic hydroxyl groups excluding tert-OH is 1. The summed E-state index contributed by atoms with van der Waals surface area (Å²) in [5.74, 6) is 4.85. The predicted molar refractivity (Wildman–Crippen MR) is 68.2 cm³/mol. The van der Waals surface area contributed by atoms with Crippen LogP contribution in [0.5, 0.6) is 0 Å². The number of hydrogen-bond donors (Lipinski definition) is 2. The molecule has 1 amide bonds. The summed E-state index contributed by atoms with van der Waals surface area (Å²) in [6.07, 6.45) is 5.83. The van der Waals surface area contributed by atoms with Crippen LogP contribution in [0.3, 0.4) is 0 Å². The van der Waals surface area contributed by atoms with Gasteiger partial charge in [0.2, 0.25) is 0 Å². The van der Waals surface area contributed by atoms with E-state index in [-0.39, 0.29) is 18.2 Å². The van der Waals surface area contributed by atoms with Crippen LogP contribution in [0, 0.1) is 11.8 Å². The van der Waals surface area contributed by atoms with Crippen LogP contribution in [-0.4, -0.2) is 32.6 Å². The van der Waals surface area contributed by atoms with Gasteiger partial charge in [0.05, 0.1) is 18.1 Å². The number of nitrogens with one attached hydrogen (secondary N) is 1. The second-order valence-corrected chi connectivity index (χ2v) is 3.47. The molecule has 2 N–H and O–H groups in total. The molecule has 0 bridgehead atoms. The second kappa shape index (κ2) is 6.23. The van der Waals surface area contributed by atoms with Gasteiger partial charge in [-0.2, -0.15) is 0 Å². The first-order valence-corrected chi connectivity index (χ1v) is 5.42. The zero-order valence-electron chi connectivity index (χ0n) is 9.87. The summed E-state index contributed by atoms with van der Waals surface area (Å²) in [6.45, 7) is -0.212. The fourth-order valence-corrected chi connectivity index (χ4v) is 1.30. The molecule has 2 aromatic rings. The van der Waals surface area contributed by atoms with Crippen LogP contribution in [0.2, 0.25) is 0 Å². The van der Waals surface area contributed by atoms with Crippen molar-refractivity contribution >= 4 is 11.6 Å². The van der Waals surface area contributed by atoms with Gasteiger partial charge in [0, 0.05) is 11.8 Å². The van der Waals surface area contributed by atoms with Gasteiger partial charge < -0.3 is 10.4 Å². The first-order valence-electron chi connectivity index (χ1n) is 5.42. The van der Waals surface area contributed by atoms with Crippen molar-refractivity contribution in [3.05, 3.63) is 48.3 Å². The number of amides is 1. The summed E-state index contributed by atoms with van der Waals surface area (Å²) in [7, 11) is 0. The minimum Gasteiger partial charge on any atom is -0.384 e. The van der Waals surface area contributed by atoms with E-state index >= 15 is 0 Å². The molecule has 0 aliphatic rings. The molecule has 0 unspecified atom stereocenters. The molecule has 19 heavy (non-hydrogen) atoms. The smallest absolute Gasteiger partial charge is 0.274 e. The number of anilines is 1. The molecular weight excluding hydrogens is 244 g/mol. The zero-order valence-corrected chi connectivity index (χ0v) is 9.87. The van der Waals surface area contributed by atoms with E-state index in [1.165, 1.54) is 24.9 Å². The van der Waals surface area contributed by atoms with Gasteiger partial charge >= 0.3 is 0 Å². The van der Waals surface area contributed by atoms with E-state index in [9.17, 15) is 4.79 Å². The van der Waals surface area contributed by atoms with Crippen molar-refractivity contribution in [1.82, 2.24) is 15.0 Å². The third-order valence-electron chi connectivity index (χ3n) is 2.13. The molecule has 0 saturated heterocycles. The summed E-state index contributed by atoms with van der Waals surface area (Å²) < 4.78 is 0. The number of nitrogens with zero attached hydrogens (tertiary/aromatic N) is 3. The zero-order chi connectivity index (χ0) is 13.5. The van der Waals surface area contributed by atoms with Gasteiger partial charge in [-0.25, -0.2) is 15.0 Å². The van der Waals surface area contributed by atoms with Gasteiger partial charge in [0.15, 0.2) is 0 Å². The summed E-state index contributed by atoms with van der Waals surface area (Å²) in [6, 6.07) is 3.21. The maximum Gasteiger partial charge on any atom is 0.274 e. The Kier molecular flexibility index (Phi) is 4.16. The molecular formula is C13H10N4O2. The van der Waals surface area contributed by atoms with Crippen molar-refractivity contribution in [2.45, 2.75) is 0 Å². The minimum atomic E-state index is -0.350. The molecule has 94 valence electrons. The van der Waals surface area contributed by atoms with Gasteiger partial charge in [0.1, 0.15) is 18.6 Å². The molecule has 6 heteroatoms. The van der Waals surface area contributed by atoms with Gasteiger partial charge in [0.25, 0.3) is 5.91 Å². The molecule has 0 fully saturated rings. The van der Waals surface area contributed by atoms with E-state index in [4.69, 9.17) is 5.11 Å². The van der Waals surface area contributed by atoms with Crippen LogP contribution in [0.4, 0.5) is 5.69 Å². The molecule has 0 aliphatic heterocycles. The highest BCUT2D eigenvalue weighted by Gasteiger charge is 2.07. The van der Waals surface area contributed by atoms with Gasteiger partial charge in [-0.3, -0.25) is 4.79 Å². The summed E-state index contributed by atoms with van der Waals surface area (Å²) in [5.41, 5.74) is 1.39. The van der Waals surface area contributed by atoms with Crippen LogP contribution < -0.4 is 5.32 Å². The lowest BCUT2D eigenvalue weighted by Gasteiger charge is -2.03. The van der Waals surface area contributed by atoms with E-state index in [2.05, 4.69) is 32.1 Å². The standard InChI is InChI=1S/C13H10N4O2/c18-5-1-2-10-3-4-12(16-6-10)13(19)17-11-7-14-9-15-8-11/h3-4,6-9,18H,5H2,(H,17,19). The maximum absolute atomic E-state index is 11.8. The highest BCUT2D eigenvalue weighted by Crippen LogP contribution is 2.05. The first kappa shape index (κ1) is 12.7. The molecule has 2 rings (SSSR count). The first-order chi connectivity index (χ1) is 9.29. The summed E-state index contributed by atoms with van der Waals surface area (Å²) in [4.78, 5) is 23.4. The quantitative estimate of drug-likeness (QED) is 0.760. The molecule has 0 spiro atoms. The normalized spacial score (nSPS) is 9.32. The van der Waals surface area contributed by atoms with Gasteiger partial charge in [-0.15, -0.1) is 0 Å². The summed E-state index contributed by atoms with van der Waals surface area (Å²) >= 11 is 0. The number of aliphatic hydroxyl groups is 1. The Morgan fingerprint density at radius 3 is 2.68 bits per heavy atom. The third kappa shape index (κ3) is 3.59. The Balaban J connectivity index is 2.08. The van der Waals surface area contributed by atoms with E-state index < -0.39 is 0 Å². The Morgan fingerprint density at radius 1 is 1.26 bits per heavy atom. The summed E-state index contributed by atoms with van der Waals surface area (Å²) in [5, 5.41) is 11.2. The molecule has 0 radical (unpaired) electrons. The monoisotopic (exact) mass is 254 g/mol. The van der Waals surface area contributed by atoms with Crippen molar-refractivity contribution in [2.75, 3.05) is 11.9 Å². The van der Waals surface area contributed by atoms with Crippen LogP contribution in [0.25, 0.3) is 0 Å². The van der Waals surface area contributed by atoms with Crippen molar-refractivity contribution in [1.29, 1.82) is 0 Å². The van der Waals surface area contributed by atoms with E-state index in [1.807, 2.05) is 0 Å². The highest BCUT2D eigenvalue weighted by molar-refractivity contribution is 6.02. The van der Waals surface area contributed by atoms with Gasteiger partial charge in [-0.05, 0) is 12.1 Å². The molecule has 0 atom stereocenters. The Hall–Kier alpha value is -2.78. The average molecular weight is 254 g/mol. The SMILES string of the molecule is O=C(Nc1cncnc1)c1ccc(C#CCO)cn1. The van der Waals surface area contributed by atoms with Gasteiger partial charge in [-0.1, -0.05) is 11.8 Å². The Bertz CT molecular complexity index is 615. The van der Waals surface area contributed by atoms with Crippen LogP contribution in [0.15, 0.2) is 37.1 Å². The van der Waals surface area contributed by atoms with E-state index in [0.29, 0.717) is 11.3 Å². The number of hydrogen-bond acceptors (Lipinski definition) is 5. The largest absolute Gasteiger partial charge is 0.384 e. The molecule has 6 nitrogen and oxygen atoms in total. The van der Waals surface area contributed by atoms with Crippen molar-refractivity contribution in [3.63, 3.8) is 0 Å². The van der Waals surface area contributed by atoms with E-state index in [0.717, 1.165) is 0 Å². The lowest BCUT2D eigenvalue weighted by atomic mass is 10.2. The fraction of sp³-hybridized carbons (Fsp3) is 0.0769. The second-order valence-electron chi connectivity index (χ2n) is 3.47. The molecule has 2 heterocycles. The Morgan fingerprint density at radius 2 is 2.05 bits per heavy atom. The lowest BCUT2D eigenvalue weighted by molar-refractivity contribution is 0.102. The number of carbonyl (C=O) groups excluding carboxylic acids is 1. The Labute approximate surface area is 109 Å². The minimum absolute atomic E-state index is 0.212. The highest BCUT2D eigenvalue weighted by atomic mass is 16.2. The van der Waals surface area contributed by atoms with Crippen molar-refractivity contribution in [3.8, 4) is 11.8 Å². The molecule has 0 aromatic carbocycles. The van der Waals surface area contributed by atoms with Crippen LogP contribution >= 0.6 is 0 Å². The number of aromatic nitrogens is 3. The molecule has 0 aliphatic carbocycles. The van der Waals surface area contributed by atoms with Crippen LogP contribution in [-0.2, 0) is 0 Å². The number of pyridine rings is 1. The van der Waals surface area contributed by atoms with Crippen LogP contribution in [0.1, 0.15) is 16.1 Å². The topological polar surface area (TPSA) is 88.0 Å². The molecule has 2 aromatic heterocycles.